The maximum absolute atomic E-state index is 13.2. The van der Waals surface area contributed by atoms with Gasteiger partial charge in [-0.25, -0.2) is 4.98 Å². The lowest BCUT2D eigenvalue weighted by atomic mass is 10.2. The Hall–Kier alpha value is -2.71. The van der Waals surface area contributed by atoms with Gasteiger partial charge in [0.2, 0.25) is 0 Å². The van der Waals surface area contributed by atoms with Gasteiger partial charge in [-0.1, -0.05) is 54.2 Å². The molecule has 1 aliphatic rings. The van der Waals surface area contributed by atoms with Crippen molar-refractivity contribution in [3.8, 4) is 11.4 Å². The number of fused-ring (bicyclic) bond motifs is 1. The summed E-state index contributed by atoms with van der Waals surface area (Å²) in [6.45, 7) is 0.216. The first-order valence-corrected chi connectivity index (χ1v) is 11.4. The van der Waals surface area contributed by atoms with Crippen LogP contribution in [0.5, 0.6) is 5.75 Å². The smallest absolute Gasteiger partial charge is 0.316 e. The molecule has 2 aromatic carbocycles. The normalized spacial score (nSPS) is 12.4. The number of esters is 1. The number of ether oxygens (including phenoxy) is 2. The lowest BCUT2D eigenvalue weighted by Crippen LogP contribution is -2.24. The van der Waals surface area contributed by atoms with E-state index in [1.165, 1.54) is 28.1 Å². The van der Waals surface area contributed by atoms with Crippen LogP contribution >= 0.6 is 23.5 Å². The predicted octanol–water partition coefficient (Wildman–Crippen LogP) is 3.72. The van der Waals surface area contributed by atoms with Crippen LogP contribution in [0, 0.1) is 0 Å². The van der Waals surface area contributed by atoms with Gasteiger partial charge >= 0.3 is 5.97 Å². The third-order valence-corrected chi connectivity index (χ3v) is 6.57. The van der Waals surface area contributed by atoms with Gasteiger partial charge in [-0.2, -0.15) is 0 Å². The van der Waals surface area contributed by atoms with Gasteiger partial charge in [0.1, 0.15) is 12.4 Å². The standard InChI is InChI=1S/C22H20N2O4S2/c1-27-18-10-6-5-9-17(18)24-21(26)20-16(11-12-29-20)23-22(24)30-14-19(25)28-13-15-7-3-2-4-8-15/h2-10H,11-14H2,1H3. The minimum absolute atomic E-state index is 0.0559. The van der Waals surface area contributed by atoms with Crippen LogP contribution in [0.2, 0.25) is 0 Å². The molecule has 3 aromatic rings. The van der Waals surface area contributed by atoms with Crippen molar-refractivity contribution in [1.82, 2.24) is 9.55 Å². The van der Waals surface area contributed by atoms with Crippen molar-refractivity contribution in [2.75, 3.05) is 18.6 Å². The van der Waals surface area contributed by atoms with Crippen LogP contribution in [0.4, 0.5) is 0 Å². The first-order chi connectivity index (χ1) is 14.7. The van der Waals surface area contributed by atoms with Crippen LogP contribution in [-0.4, -0.2) is 34.1 Å². The van der Waals surface area contributed by atoms with Crippen molar-refractivity contribution in [1.29, 1.82) is 0 Å². The third-order valence-electron chi connectivity index (χ3n) is 4.55. The van der Waals surface area contributed by atoms with Crippen LogP contribution < -0.4 is 10.3 Å². The molecular weight excluding hydrogens is 420 g/mol. The number of para-hydroxylation sites is 2. The molecule has 1 aliphatic heterocycles. The Bertz CT molecular complexity index is 1120. The number of aromatic nitrogens is 2. The molecule has 0 amide bonds. The van der Waals surface area contributed by atoms with Crippen LogP contribution in [0.25, 0.3) is 5.69 Å². The Morgan fingerprint density at radius 2 is 1.93 bits per heavy atom. The Balaban J connectivity index is 1.59. The summed E-state index contributed by atoms with van der Waals surface area (Å²) < 4.78 is 12.3. The summed E-state index contributed by atoms with van der Waals surface area (Å²) in [5.41, 5.74) is 2.19. The number of aryl methyl sites for hydroxylation is 1. The number of rotatable bonds is 7. The second-order valence-electron chi connectivity index (χ2n) is 6.52. The second kappa shape index (κ2) is 9.40. The number of methoxy groups -OCH3 is 1. The molecular formula is C22H20N2O4S2. The van der Waals surface area contributed by atoms with Crippen molar-refractivity contribution >= 4 is 29.5 Å². The number of nitrogens with zero attached hydrogens (tertiary/aromatic N) is 2. The molecule has 0 atom stereocenters. The summed E-state index contributed by atoms with van der Waals surface area (Å²) in [5, 5.41) is 0.461. The van der Waals surface area contributed by atoms with Gasteiger partial charge in [-0.3, -0.25) is 14.2 Å². The predicted molar refractivity (Wildman–Crippen MR) is 118 cm³/mol. The zero-order valence-electron chi connectivity index (χ0n) is 16.4. The average Bonchev–Trinajstić information content (AvgIpc) is 3.26. The molecule has 0 saturated heterocycles. The molecule has 0 bridgehead atoms. The molecule has 8 heteroatoms. The number of carbonyl (C=O) groups is 1. The van der Waals surface area contributed by atoms with Crippen LogP contribution in [0.15, 0.2) is 69.4 Å². The monoisotopic (exact) mass is 440 g/mol. The fraction of sp³-hybridized carbons (Fsp3) is 0.227. The zero-order valence-corrected chi connectivity index (χ0v) is 18.0. The van der Waals surface area contributed by atoms with E-state index in [9.17, 15) is 9.59 Å². The number of thioether (sulfide) groups is 2. The van der Waals surface area contributed by atoms with Gasteiger partial charge in [0, 0.05) is 12.2 Å². The average molecular weight is 441 g/mol. The van der Waals surface area contributed by atoms with E-state index in [4.69, 9.17) is 14.5 Å². The number of hydrogen-bond donors (Lipinski definition) is 0. The first-order valence-electron chi connectivity index (χ1n) is 9.42. The third kappa shape index (κ3) is 4.39. The van der Waals surface area contributed by atoms with E-state index in [-0.39, 0.29) is 23.9 Å². The van der Waals surface area contributed by atoms with Crippen molar-refractivity contribution in [3.05, 3.63) is 76.2 Å². The van der Waals surface area contributed by atoms with Crippen molar-refractivity contribution < 1.29 is 14.3 Å². The van der Waals surface area contributed by atoms with Crippen molar-refractivity contribution in [2.45, 2.75) is 23.1 Å². The largest absolute Gasteiger partial charge is 0.495 e. The van der Waals surface area contributed by atoms with Crippen LogP contribution in [0.3, 0.4) is 0 Å². The molecule has 6 nitrogen and oxygen atoms in total. The molecule has 0 N–H and O–H groups in total. The van der Waals surface area contributed by atoms with E-state index in [1.807, 2.05) is 48.5 Å². The quantitative estimate of drug-likeness (QED) is 0.315. The molecule has 0 radical (unpaired) electrons. The Morgan fingerprint density at radius 3 is 2.73 bits per heavy atom. The molecule has 30 heavy (non-hydrogen) atoms. The fourth-order valence-electron chi connectivity index (χ4n) is 3.12. The maximum Gasteiger partial charge on any atom is 0.316 e. The summed E-state index contributed by atoms with van der Waals surface area (Å²) >= 11 is 2.72. The highest BCUT2D eigenvalue weighted by Crippen LogP contribution is 2.32. The fourth-order valence-corrected chi connectivity index (χ4v) is 4.96. The summed E-state index contributed by atoms with van der Waals surface area (Å²) in [6, 6.07) is 16.8. The highest BCUT2D eigenvalue weighted by molar-refractivity contribution is 8.00. The van der Waals surface area contributed by atoms with E-state index in [0.717, 1.165) is 23.4 Å². The lowest BCUT2D eigenvalue weighted by molar-refractivity contribution is -0.141. The Morgan fingerprint density at radius 1 is 1.17 bits per heavy atom. The Kier molecular flexibility index (Phi) is 6.44. The first kappa shape index (κ1) is 20.6. The van der Waals surface area contributed by atoms with E-state index in [1.54, 1.807) is 13.2 Å². The molecule has 0 fully saturated rings. The number of benzene rings is 2. The van der Waals surface area contributed by atoms with Crippen LogP contribution in [-0.2, 0) is 22.6 Å². The van der Waals surface area contributed by atoms with Gasteiger partial charge in [0.05, 0.1) is 29.1 Å². The second-order valence-corrected chi connectivity index (χ2v) is 8.56. The Labute approximate surface area is 182 Å². The maximum atomic E-state index is 13.2. The van der Waals surface area contributed by atoms with Gasteiger partial charge < -0.3 is 9.47 Å². The zero-order chi connectivity index (χ0) is 20.9. The molecule has 1 aromatic heterocycles. The van der Waals surface area contributed by atoms with E-state index in [2.05, 4.69) is 0 Å². The lowest BCUT2D eigenvalue weighted by Gasteiger charge is -2.16. The molecule has 0 aliphatic carbocycles. The summed E-state index contributed by atoms with van der Waals surface area (Å²) in [7, 11) is 1.56. The van der Waals surface area contributed by atoms with Gasteiger partial charge in [0.15, 0.2) is 5.16 Å². The summed E-state index contributed by atoms with van der Waals surface area (Å²) in [4.78, 5) is 30.9. The van der Waals surface area contributed by atoms with E-state index in [0.29, 0.717) is 21.5 Å². The van der Waals surface area contributed by atoms with E-state index >= 15 is 0 Å². The van der Waals surface area contributed by atoms with Crippen molar-refractivity contribution in [2.24, 2.45) is 0 Å². The molecule has 0 unspecified atom stereocenters. The highest BCUT2D eigenvalue weighted by atomic mass is 32.2. The molecule has 4 rings (SSSR count). The SMILES string of the molecule is COc1ccccc1-n1c(SCC(=O)OCc2ccccc2)nc2c(c1=O)SCC2. The van der Waals surface area contributed by atoms with Crippen molar-refractivity contribution in [3.63, 3.8) is 0 Å². The van der Waals surface area contributed by atoms with Gasteiger partial charge in [-0.05, 0) is 17.7 Å². The van der Waals surface area contributed by atoms with E-state index < -0.39 is 0 Å². The topological polar surface area (TPSA) is 70.4 Å². The minimum atomic E-state index is -0.362. The molecule has 0 saturated carbocycles. The highest BCUT2D eigenvalue weighted by Gasteiger charge is 2.24. The molecule has 0 spiro atoms. The number of hydrogen-bond acceptors (Lipinski definition) is 7. The molecule has 154 valence electrons. The molecule has 2 heterocycles. The van der Waals surface area contributed by atoms with Gasteiger partial charge in [-0.15, -0.1) is 11.8 Å². The minimum Gasteiger partial charge on any atom is -0.495 e. The summed E-state index contributed by atoms with van der Waals surface area (Å²) in [5.74, 6) is 1.09. The van der Waals surface area contributed by atoms with Gasteiger partial charge in [0.25, 0.3) is 5.56 Å². The summed E-state index contributed by atoms with van der Waals surface area (Å²) in [6.07, 6.45) is 0.744. The van der Waals surface area contributed by atoms with Crippen LogP contribution in [0.1, 0.15) is 11.3 Å². The number of carbonyl (C=O) groups excluding carboxylic acids is 1.